The van der Waals surface area contributed by atoms with Crippen LogP contribution in [0.15, 0.2) is 84.1 Å². The Bertz CT molecular complexity index is 1360. The van der Waals surface area contributed by atoms with E-state index in [1.54, 1.807) is 42.5 Å². The fourth-order valence-corrected chi connectivity index (χ4v) is 4.27. The number of fused-ring (bicyclic) bond motifs is 1. The van der Waals surface area contributed by atoms with E-state index in [0.717, 1.165) is 21.9 Å². The molecule has 0 bridgehead atoms. The lowest BCUT2D eigenvalue weighted by Gasteiger charge is -2.09. The fraction of sp³-hybridized carbons (Fsp3) is 0. The minimum Gasteiger partial charge on any atom is -0.366 e. The van der Waals surface area contributed by atoms with Crippen LogP contribution >= 0.6 is 0 Å². The summed E-state index contributed by atoms with van der Waals surface area (Å²) in [6.07, 6.45) is 2.20. The van der Waals surface area contributed by atoms with Crippen LogP contribution in [0.2, 0.25) is 0 Å². The summed E-state index contributed by atoms with van der Waals surface area (Å²) in [5.74, 6) is -1.34. The molecule has 3 aromatic carbocycles. The SMILES string of the molecule is NC(=O)c1ccc2ccccc2c1C(=O)c1cn(S(=O)(=O)c2ccccc2)cn1. The van der Waals surface area contributed by atoms with E-state index in [9.17, 15) is 18.0 Å². The molecule has 0 atom stereocenters. The molecule has 0 aliphatic rings. The van der Waals surface area contributed by atoms with E-state index in [1.807, 2.05) is 6.07 Å². The molecule has 1 aromatic heterocycles. The van der Waals surface area contributed by atoms with E-state index in [-0.39, 0.29) is 21.7 Å². The second-order valence-corrected chi connectivity index (χ2v) is 8.15. The van der Waals surface area contributed by atoms with E-state index in [4.69, 9.17) is 5.73 Å². The number of carbonyl (C=O) groups excluding carboxylic acids is 2. The van der Waals surface area contributed by atoms with Gasteiger partial charge in [-0.25, -0.2) is 17.4 Å². The zero-order valence-electron chi connectivity index (χ0n) is 15.0. The molecule has 1 heterocycles. The lowest BCUT2D eigenvalue weighted by atomic mass is 9.94. The lowest BCUT2D eigenvalue weighted by molar-refractivity contribution is 0.0981. The zero-order chi connectivity index (χ0) is 20.6. The lowest BCUT2D eigenvalue weighted by Crippen LogP contribution is -2.17. The first-order chi connectivity index (χ1) is 13.9. The van der Waals surface area contributed by atoms with Crippen LogP contribution in [-0.4, -0.2) is 29.1 Å². The van der Waals surface area contributed by atoms with Crippen molar-refractivity contribution in [3.05, 3.63) is 96.1 Å². The third kappa shape index (κ3) is 3.19. The van der Waals surface area contributed by atoms with Crippen molar-refractivity contribution in [3.63, 3.8) is 0 Å². The third-order valence-corrected chi connectivity index (χ3v) is 6.16. The predicted octanol–water partition coefficient (Wildman–Crippen LogP) is 2.60. The highest BCUT2D eigenvalue weighted by Crippen LogP contribution is 2.25. The number of primary amides is 1. The molecule has 7 nitrogen and oxygen atoms in total. The van der Waals surface area contributed by atoms with Gasteiger partial charge < -0.3 is 5.73 Å². The van der Waals surface area contributed by atoms with Gasteiger partial charge in [0, 0.05) is 5.56 Å². The Hall–Kier alpha value is -3.78. The summed E-state index contributed by atoms with van der Waals surface area (Å²) in [6, 6.07) is 18.0. The summed E-state index contributed by atoms with van der Waals surface area (Å²) in [4.78, 5) is 29.1. The number of nitrogens with zero attached hydrogens (tertiary/aromatic N) is 2. The molecule has 4 aromatic rings. The molecule has 2 N–H and O–H groups in total. The van der Waals surface area contributed by atoms with Gasteiger partial charge in [0.05, 0.1) is 16.7 Å². The van der Waals surface area contributed by atoms with Crippen molar-refractivity contribution >= 4 is 32.5 Å². The van der Waals surface area contributed by atoms with Crippen LogP contribution in [0.25, 0.3) is 10.8 Å². The molecule has 0 spiro atoms. The van der Waals surface area contributed by atoms with Crippen LogP contribution in [0, 0.1) is 0 Å². The number of benzene rings is 3. The maximum absolute atomic E-state index is 13.2. The molecular weight excluding hydrogens is 390 g/mol. The average Bonchev–Trinajstić information content (AvgIpc) is 3.24. The van der Waals surface area contributed by atoms with E-state index in [0.29, 0.717) is 5.39 Å². The number of rotatable bonds is 5. The monoisotopic (exact) mass is 405 g/mol. The number of hydrogen-bond acceptors (Lipinski definition) is 5. The third-order valence-electron chi connectivity index (χ3n) is 4.53. The van der Waals surface area contributed by atoms with Gasteiger partial charge >= 0.3 is 0 Å². The fourth-order valence-electron chi connectivity index (χ4n) is 3.12. The van der Waals surface area contributed by atoms with Gasteiger partial charge in [0.2, 0.25) is 11.7 Å². The highest BCUT2D eigenvalue weighted by Gasteiger charge is 2.24. The highest BCUT2D eigenvalue weighted by molar-refractivity contribution is 7.90. The smallest absolute Gasteiger partial charge is 0.268 e. The van der Waals surface area contributed by atoms with Crippen LogP contribution < -0.4 is 5.73 Å². The molecule has 0 fully saturated rings. The number of imidazole rings is 1. The summed E-state index contributed by atoms with van der Waals surface area (Å²) in [5, 5.41) is 1.28. The van der Waals surface area contributed by atoms with E-state index in [2.05, 4.69) is 4.98 Å². The highest BCUT2D eigenvalue weighted by atomic mass is 32.2. The Kier molecular flexibility index (Phi) is 4.48. The van der Waals surface area contributed by atoms with Gasteiger partial charge in [-0.05, 0) is 29.0 Å². The molecule has 0 aliphatic heterocycles. The molecular formula is C21H15N3O4S. The second kappa shape index (κ2) is 6.99. The van der Waals surface area contributed by atoms with Crippen LogP contribution in [0.1, 0.15) is 26.4 Å². The minimum absolute atomic E-state index is 0.0502. The minimum atomic E-state index is -3.89. The first-order valence-electron chi connectivity index (χ1n) is 8.60. The van der Waals surface area contributed by atoms with Crippen molar-refractivity contribution in [2.24, 2.45) is 5.73 Å². The Balaban J connectivity index is 1.84. The van der Waals surface area contributed by atoms with Gasteiger partial charge in [-0.15, -0.1) is 0 Å². The van der Waals surface area contributed by atoms with Crippen molar-refractivity contribution in [2.75, 3.05) is 0 Å². The molecule has 144 valence electrons. The van der Waals surface area contributed by atoms with Crippen molar-refractivity contribution in [3.8, 4) is 0 Å². The van der Waals surface area contributed by atoms with Crippen LogP contribution in [0.5, 0.6) is 0 Å². The Labute approximate surface area is 166 Å². The molecule has 4 rings (SSSR count). The quantitative estimate of drug-likeness (QED) is 0.513. The van der Waals surface area contributed by atoms with Gasteiger partial charge in [0.1, 0.15) is 12.0 Å². The van der Waals surface area contributed by atoms with Gasteiger partial charge in [-0.1, -0.05) is 48.5 Å². The predicted molar refractivity (Wildman–Crippen MR) is 107 cm³/mol. The number of hydrogen-bond donors (Lipinski definition) is 1. The van der Waals surface area contributed by atoms with Crippen LogP contribution in [-0.2, 0) is 10.0 Å². The van der Waals surface area contributed by atoms with E-state index < -0.39 is 21.7 Å². The Morgan fingerprint density at radius 2 is 1.59 bits per heavy atom. The maximum Gasteiger partial charge on any atom is 0.268 e. The molecule has 0 aliphatic carbocycles. The number of ketones is 1. The summed E-state index contributed by atoms with van der Waals surface area (Å²) in [6.45, 7) is 0. The van der Waals surface area contributed by atoms with E-state index in [1.165, 1.54) is 18.2 Å². The Morgan fingerprint density at radius 1 is 0.897 bits per heavy atom. The molecule has 0 saturated heterocycles. The normalized spacial score (nSPS) is 11.4. The molecule has 0 unspecified atom stereocenters. The largest absolute Gasteiger partial charge is 0.366 e. The first-order valence-corrected chi connectivity index (χ1v) is 10.0. The summed E-state index contributed by atoms with van der Waals surface area (Å²) in [5.41, 5.74) is 5.50. The number of carbonyl (C=O) groups is 2. The van der Waals surface area contributed by atoms with Gasteiger partial charge in [0.25, 0.3) is 10.0 Å². The molecule has 0 saturated carbocycles. The summed E-state index contributed by atoms with van der Waals surface area (Å²) in [7, 11) is -3.89. The maximum atomic E-state index is 13.2. The van der Waals surface area contributed by atoms with Gasteiger partial charge in [-0.3, -0.25) is 9.59 Å². The number of aromatic nitrogens is 2. The van der Waals surface area contributed by atoms with Crippen molar-refractivity contribution in [1.82, 2.24) is 8.96 Å². The van der Waals surface area contributed by atoms with Crippen molar-refractivity contribution < 1.29 is 18.0 Å². The summed E-state index contributed by atoms with van der Waals surface area (Å²) >= 11 is 0. The number of nitrogens with two attached hydrogens (primary N) is 1. The second-order valence-electron chi connectivity index (χ2n) is 6.31. The van der Waals surface area contributed by atoms with Gasteiger partial charge in [-0.2, -0.15) is 0 Å². The molecule has 0 radical (unpaired) electrons. The molecule has 29 heavy (non-hydrogen) atoms. The van der Waals surface area contributed by atoms with E-state index >= 15 is 0 Å². The zero-order valence-corrected chi connectivity index (χ0v) is 15.8. The topological polar surface area (TPSA) is 112 Å². The van der Waals surface area contributed by atoms with Crippen LogP contribution in [0.3, 0.4) is 0 Å². The van der Waals surface area contributed by atoms with Crippen LogP contribution in [0.4, 0.5) is 0 Å². The van der Waals surface area contributed by atoms with Crippen molar-refractivity contribution in [2.45, 2.75) is 4.90 Å². The van der Waals surface area contributed by atoms with Crippen molar-refractivity contribution in [1.29, 1.82) is 0 Å². The van der Waals surface area contributed by atoms with Gasteiger partial charge in [0.15, 0.2) is 0 Å². The Morgan fingerprint density at radius 3 is 2.31 bits per heavy atom. The number of amides is 1. The summed E-state index contributed by atoms with van der Waals surface area (Å²) < 4.78 is 26.3. The molecule has 1 amide bonds. The molecule has 8 heteroatoms. The standard InChI is InChI=1S/C21H15N3O4S/c22-21(26)17-11-10-14-6-4-5-9-16(14)19(17)20(25)18-12-24(13-23-18)29(27,28)15-7-2-1-3-8-15/h1-13H,(H2,22,26). The average molecular weight is 405 g/mol. The first kappa shape index (κ1) is 18.6.